The molecule has 14 heavy (non-hydrogen) atoms. The van der Waals surface area contributed by atoms with Crippen LogP contribution in [0.3, 0.4) is 0 Å². The van der Waals surface area contributed by atoms with Crippen LogP contribution in [0, 0.1) is 82.6 Å². The molecule has 0 amide bonds. The van der Waals surface area contributed by atoms with Gasteiger partial charge in [0, 0.05) is 0 Å². The standard InChI is InChI=1S/3CH2O3.2Pr/c3*2-1(3)4;;/h3*(H2,2,3,4);;/q;;;2*+3/p-6. The summed E-state index contributed by atoms with van der Waals surface area (Å²) in [6.07, 6.45) is -7.00. The summed E-state index contributed by atoms with van der Waals surface area (Å²) in [7, 11) is 0. The third kappa shape index (κ3) is 5780. The maximum Gasteiger partial charge on any atom is 3.00 e. The van der Waals surface area contributed by atoms with E-state index in [1.54, 1.807) is 0 Å². The Morgan fingerprint density at radius 3 is 0.500 bits per heavy atom. The van der Waals surface area contributed by atoms with Crippen LogP contribution in [0.15, 0.2) is 0 Å². The fourth-order valence-corrected chi connectivity index (χ4v) is 0. The number of carbonyl (C=O) groups excluding carboxylic acids is 3. The van der Waals surface area contributed by atoms with Crippen LogP contribution in [-0.4, -0.2) is 18.5 Å². The summed E-state index contributed by atoms with van der Waals surface area (Å²) in [5, 5.41) is 50.0. The van der Waals surface area contributed by atoms with E-state index in [0.29, 0.717) is 0 Å². The van der Waals surface area contributed by atoms with Gasteiger partial charge in [0.05, 0.1) is 0 Å². The average molecular weight is 462 g/mol. The van der Waals surface area contributed by atoms with E-state index < -0.39 is 18.5 Å². The monoisotopic (exact) mass is 462 g/mol. The van der Waals surface area contributed by atoms with Gasteiger partial charge in [-0.1, -0.05) is 0 Å². The van der Waals surface area contributed by atoms with Crippen molar-refractivity contribution in [1.29, 1.82) is 0 Å². The zero-order chi connectivity index (χ0) is 10.7. The fourth-order valence-electron chi connectivity index (χ4n) is 0. The Bertz CT molecular complexity index is 116. The molecule has 11 heteroatoms. The summed E-state index contributed by atoms with van der Waals surface area (Å²) in [6.45, 7) is 0. The summed E-state index contributed by atoms with van der Waals surface area (Å²) < 4.78 is 0. The first kappa shape index (κ1) is 29.3. The minimum atomic E-state index is -2.33. The van der Waals surface area contributed by atoms with Crippen molar-refractivity contribution < 1.29 is 128 Å². The van der Waals surface area contributed by atoms with Gasteiger partial charge < -0.3 is 45.0 Å². The minimum absolute atomic E-state index is 0. The largest absolute Gasteiger partial charge is 3.00 e. The van der Waals surface area contributed by atoms with Crippen LogP contribution in [-0.2, 0) is 0 Å². The fraction of sp³-hybridized carbons (Fsp3) is 0. The van der Waals surface area contributed by atoms with Crippen molar-refractivity contribution in [2.75, 3.05) is 0 Å². The Labute approximate surface area is 144 Å². The summed E-state index contributed by atoms with van der Waals surface area (Å²) in [4.78, 5) is 25.0. The molecule has 0 aliphatic heterocycles. The molecule has 0 heterocycles. The number of hydrogen-bond acceptors (Lipinski definition) is 9. The van der Waals surface area contributed by atoms with Gasteiger partial charge in [0.1, 0.15) is 0 Å². The van der Waals surface area contributed by atoms with Crippen molar-refractivity contribution in [3.63, 3.8) is 0 Å². The second kappa shape index (κ2) is 23.4. The quantitative estimate of drug-likeness (QED) is 0.337. The van der Waals surface area contributed by atoms with Crippen LogP contribution < -0.4 is 30.6 Å². The van der Waals surface area contributed by atoms with Gasteiger partial charge in [0.25, 0.3) is 0 Å². The summed E-state index contributed by atoms with van der Waals surface area (Å²) in [5.41, 5.74) is 0. The predicted octanol–water partition coefficient (Wildman–Crippen LogP) is -7.34. The molecule has 0 fully saturated rings. The first-order chi connectivity index (χ1) is 5.20. The zero-order valence-corrected chi connectivity index (χ0v) is 13.7. The third-order valence-corrected chi connectivity index (χ3v) is 0. The predicted molar refractivity (Wildman–Crippen MR) is 16.2 cm³/mol. The van der Waals surface area contributed by atoms with E-state index in [9.17, 15) is 0 Å². The topological polar surface area (TPSA) is 190 Å². The molecule has 72 valence electrons. The average Bonchev–Trinajstić information content (AvgIpc) is 1.54. The maximum absolute atomic E-state index is 8.33. The van der Waals surface area contributed by atoms with Gasteiger partial charge in [-0.2, -0.15) is 0 Å². The number of hydrogen-bond donors (Lipinski definition) is 0. The van der Waals surface area contributed by atoms with Crippen molar-refractivity contribution >= 4 is 18.5 Å². The number of carboxylic acid groups (broad SMARTS) is 6. The van der Waals surface area contributed by atoms with Crippen molar-refractivity contribution in [3.8, 4) is 0 Å². The Morgan fingerprint density at radius 2 is 0.500 bits per heavy atom. The molecule has 0 saturated heterocycles. The van der Waals surface area contributed by atoms with Crippen LogP contribution in [0.1, 0.15) is 0 Å². The van der Waals surface area contributed by atoms with Gasteiger partial charge in [-0.05, 0) is 18.5 Å². The maximum atomic E-state index is 8.33. The van der Waals surface area contributed by atoms with E-state index in [1.165, 1.54) is 0 Å². The second-order valence-electron chi connectivity index (χ2n) is 0.750. The molecule has 0 aromatic carbocycles. The minimum Gasteiger partial charge on any atom is -0.652 e. The van der Waals surface area contributed by atoms with Gasteiger partial charge in [0.15, 0.2) is 0 Å². The molecule has 0 rings (SSSR count). The first-order valence-electron chi connectivity index (χ1n) is 1.84. The molecule has 0 aromatic rings. The molecule has 0 unspecified atom stereocenters. The van der Waals surface area contributed by atoms with Gasteiger partial charge in [-0.25, -0.2) is 0 Å². The van der Waals surface area contributed by atoms with Gasteiger partial charge in [-0.3, -0.25) is 0 Å². The molecule has 0 aliphatic carbocycles. The van der Waals surface area contributed by atoms with E-state index in [0.717, 1.165) is 0 Å². The number of carbonyl (C=O) groups is 3. The van der Waals surface area contributed by atoms with Crippen LogP contribution in [0.5, 0.6) is 0 Å². The molecule has 9 nitrogen and oxygen atoms in total. The summed E-state index contributed by atoms with van der Waals surface area (Å²) >= 11 is 0. The molecule has 0 aromatic heterocycles. The molecule has 0 radical (unpaired) electrons. The molecule has 0 N–H and O–H groups in total. The van der Waals surface area contributed by atoms with E-state index in [4.69, 9.17) is 45.0 Å². The van der Waals surface area contributed by atoms with Gasteiger partial charge >= 0.3 is 82.6 Å². The Kier molecular flexibility index (Phi) is 48.9. The molecule has 0 spiro atoms. The van der Waals surface area contributed by atoms with Crippen LogP contribution in [0.2, 0.25) is 0 Å². The smallest absolute Gasteiger partial charge is 0.652 e. The van der Waals surface area contributed by atoms with Crippen LogP contribution in [0.25, 0.3) is 0 Å². The van der Waals surface area contributed by atoms with Crippen LogP contribution >= 0.6 is 0 Å². The van der Waals surface area contributed by atoms with Crippen LogP contribution in [0.4, 0.5) is 14.4 Å². The molecular formula is C3O9Pr2. The van der Waals surface area contributed by atoms with E-state index in [1.807, 2.05) is 0 Å². The molecular weight excluding hydrogens is 462 g/mol. The van der Waals surface area contributed by atoms with Crippen molar-refractivity contribution in [1.82, 2.24) is 0 Å². The normalized spacial score (nSPS) is 5.14. The SMILES string of the molecule is O=C([O-])[O-].O=C([O-])[O-].O=C([O-])[O-].[Pr+3].[Pr+3]. The Morgan fingerprint density at radius 1 is 0.500 bits per heavy atom. The second-order valence-corrected chi connectivity index (χ2v) is 0.750. The number of rotatable bonds is 0. The molecule has 0 atom stereocenters. The van der Waals surface area contributed by atoms with E-state index in [2.05, 4.69) is 0 Å². The Hall–Kier alpha value is 0.537. The van der Waals surface area contributed by atoms with E-state index >= 15 is 0 Å². The van der Waals surface area contributed by atoms with Crippen molar-refractivity contribution in [2.24, 2.45) is 0 Å². The van der Waals surface area contributed by atoms with Gasteiger partial charge in [-0.15, -0.1) is 0 Å². The first-order valence-corrected chi connectivity index (χ1v) is 1.84. The molecule has 0 aliphatic rings. The summed E-state index contributed by atoms with van der Waals surface area (Å²) in [5.74, 6) is 0. The van der Waals surface area contributed by atoms with Gasteiger partial charge in [0.2, 0.25) is 0 Å². The van der Waals surface area contributed by atoms with E-state index in [-0.39, 0.29) is 82.6 Å². The molecule has 0 bridgehead atoms. The van der Waals surface area contributed by atoms with Crippen molar-refractivity contribution in [2.45, 2.75) is 0 Å². The summed E-state index contributed by atoms with van der Waals surface area (Å²) in [6, 6.07) is 0. The molecule has 0 saturated carbocycles. The third-order valence-electron chi connectivity index (χ3n) is 0. The zero-order valence-electron chi connectivity index (χ0n) is 6.33. The Balaban J connectivity index is -0.0000000270. The van der Waals surface area contributed by atoms with Crippen molar-refractivity contribution in [3.05, 3.63) is 0 Å².